The highest BCUT2D eigenvalue weighted by Crippen LogP contribution is 2.27. The van der Waals surface area contributed by atoms with Crippen molar-refractivity contribution < 1.29 is 4.74 Å². The van der Waals surface area contributed by atoms with Crippen molar-refractivity contribution in [2.45, 2.75) is 20.0 Å². The molecule has 0 spiro atoms. The van der Waals surface area contributed by atoms with Crippen LogP contribution in [-0.4, -0.2) is 6.54 Å². The minimum atomic E-state index is 0.625. The second-order valence-electron chi connectivity index (χ2n) is 4.73. The van der Waals surface area contributed by atoms with E-state index in [4.69, 9.17) is 4.74 Å². The number of benzene rings is 2. The van der Waals surface area contributed by atoms with Gasteiger partial charge in [0.15, 0.2) is 0 Å². The van der Waals surface area contributed by atoms with Gasteiger partial charge in [-0.1, -0.05) is 30.3 Å². The number of rotatable bonds is 3. The standard InChI is InChI=1S/C16H17NO/c1-12-4-2-7-15(10-12)18-11-14-6-3-5-13-8-9-17-16(13)14/h2-7,10,17H,8-9,11H2,1H3. The van der Waals surface area contributed by atoms with Crippen LogP contribution in [0.5, 0.6) is 5.75 Å². The third kappa shape index (κ3) is 2.19. The summed E-state index contributed by atoms with van der Waals surface area (Å²) in [5.41, 5.74) is 5.14. The Labute approximate surface area is 108 Å². The summed E-state index contributed by atoms with van der Waals surface area (Å²) in [6.07, 6.45) is 1.12. The fourth-order valence-electron chi connectivity index (χ4n) is 2.40. The Bertz CT molecular complexity index is 563. The molecule has 1 N–H and O–H groups in total. The van der Waals surface area contributed by atoms with Crippen molar-refractivity contribution in [3.05, 3.63) is 59.2 Å². The molecule has 0 saturated carbocycles. The van der Waals surface area contributed by atoms with E-state index >= 15 is 0 Å². The third-order valence-electron chi connectivity index (χ3n) is 3.32. The van der Waals surface area contributed by atoms with Gasteiger partial charge < -0.3 is 10.1 Å². The summed E-state index contributed by atoms with van der Waals surface area (Å²) in [5, 5.41) is 3.44. The highest BCUT2D eigenvalue weighted by Gasteiger charge is 2.13. The summed E-state index contributed by atoms with van der Waals surface area (Å²) in [7, 11) is 0. The monoisotopic (exact) mass is 239 g/mol. The van der Waals surface area contributed by atoms with Gasteiger partial charge in [0.2, 0.25) is 0 Å². The van der Waals surface area contributed by atoms with Crippen molar-refractivity contribution in [2.24, 2.45) is 0 Å². The van der Waals surface area contributed by atoms with E-state index < -0.39 is 0 Å². The van der Waals surface area contributed by atoms with E-state index in [-0.39, 0.29) is 0 Å². The van der Waals surface area contributed by atoms with E-state index in [1.807, 2.05) is 12.1 Å². The second kappa shape index (κ2) is 4.73. The summed E-state index contributed by atoms with van der Waals surface area (Å²) < 4.78 is 5.86. The van der Waals surface area contributed by atoms with Crippen LogP contribution in [0.1, 0.15) is 16.7 Å². The summed E-state index contributed by atoms with van der Waals surface area (Å²) in [6, 6.07) is 14.6. The first-order chi connectivity index (χ1) is 8.83. The summed E-state index contributed by atoms with van der Waals surface area (Å²) in [4.78, 5) is 0. The largest absolute Gasteiger partial charge is 0.489 e. The summed E-state index contributed by atoms with van der Waals surface area (Å²) in [5.74, 6) is 0.936. The maximum absolute atomic E-state index is 5.86. The van der Waals surface area contributed by atoms with Gasteiger partial charge in [-0.3, -0.25) is 0 Å². The molecule has 3 rings (SSSR count). The van der Waals surface area contributed by atoms with E-state index in [1.165, 1.54) is 22.4 Å². The molecular formula is C16H17NO. The number of anilines is 1. The Balaban J connectivity index is 1.76. The highest BCUT2D eigenvalue weighted by molar-refractivity contribution is 5.61. The predicted octanol–water partition coefficient (Wildman–Crippen LogP) is 3.54. The average molecular weight is 239 g/mol. The van der Waals surface area contributed by atoms with Crippen LogP contribution in [0.15, 0.2) is 42.5 Å². The Hall–Kier alpha value is -1.96. The van der Waals surface area contributed by atoms with E-state index in [9.17, 15) is 0 Å². The molecular weight excluding hydrogens is 222 g/mol. The minimum absolute atomic E-state index is 0.625. The molecule has 2 aromatic carbocycles. The number of ether oxygens (including phenoxy) is 1. The van der Waals surface area contributed by atoms with Gasteiger partial charge in [-0.15, -0.1) is 0 Å². The fourth-order valence-corrected chi connectivity index (χ4v) is 2.40. The average Bonchev–Trinajstić information content (AvgIpc) is 2.85. The Morgan fingerprint density at radius 1 is 1.17 bits per heavy atom. The maximum Gasteiger partial charge on any atom is 0.120 e. The second-order valence-corrected chi connectivity index (χ2v) is 4.73. The molecule has 0 amide bonds. The van der Waals surface area contributed by atoms with Crippen molar-refractivity contribution in [3.8, 4) is 5.75 Å². The fraction of sp³-hybridized carbons (Fsp3) is 0.250. The zero-order valence-corrected chi connectivity index (χ0v) is 10.6. The number of hydrogen-bond acceptors (Lipinski definition) is 2. The van der Waals surface area contributed by atoms with E-state index in [0.29, 0.717) is 6.61 Å². The topological polar surface area (TPSA) is 21.3 Å². The van der Waals surface area contributed by atoms with Gasteiger partial charge in [0.1, 0.15) is 12.4 Å². The first-order valence-electron chi connectivity index (χ1n) is 6.37. The molecule has 2 nitrogen and oxygen atoms in total. The SMILES string of the molecule is Cc1cccc(OCc2cccc3c2NCC3)c1. The van der Waals surface area contributed by atoms with E-state index in [1.54, 1.807) is 0 Å². The van der Waals surface area contributed by atoms with Gasteiger partial charge in [-0.2, -0.15) is 0 Å². The molecule has 2 heteroatoms. The molecule has 0 fully saturated rings. The minimum Gasteiger partial charge on any atom is -0.489 e. The van der Waals surface area contributed by atoms with Crippen molar-refractivity contribution in [3.63, 3.8) is 0 Å². The quantitative estimate of drug-likeness (QED) is 0.884. The van der Waals surface area contributed by atoms with Gasteiger partial charge in [0.25, 0.3) is 0 Å². The molecule has 0 radical (unpaired) electrons. The van der Waals surface area contributed by atoms with Crippen LogP contribution in [0.2, 0.25) is 0 Å². The number of para-hydroxylation sites is 1. The lowest BCUT2D eigenvalue weighted by Crippen LogP contribution is -2.00. The zero-order chi connectivity index (χ0) is 12.4. The molecule has 92 valence electrons. The normalized spacial score (nSPS) is 12.9. The number of fused-ring (bicyclic) bond motifs is 1. The molecule has 18 heavy (non-hydrogen) atoms. The van der Waals surface area contributed by atoms with Crippen LogP contribution in [0, 0.1) is 6.92 Å². The first kappa shape index (κ1) is 11.1. The molecule has 0 bridgehead atoms. The van der Waals surface area contributed by atoms with Crippen LogP contribution in [-0.2, 0) is 13.0 Å². The van der Waals surface area contributed by atoms with Gasteiger partial charge in [0.05, 0.1) is 0 Å². The molecule has 0 saturated heterocycles. The number of hydrogen-bond donors (Lipinski definition) is 1. The first-order valence-corrected chi connectivity index (χ1v) is 6.37. The Morgan fingerprint density at radius 2 is 2.06 bits per heavy atom. The van der Waals surface area contributed by atoms with Crippen molar-refractivity contribution in [1.29, 1.82) is 0 Å². The Kier molecular flexibility index (Phi) is 2.93. The number of aryl methyl sites for hydroxylation is 1. The molecule has 0 aromatic heterocycles. The smallest absolute Gasteiger partial charge is 0.120 e. The van der Waals surface area contributed by atoms with Crippen molar-refractivity contribution >= 4 is 5.69 Å². The van der Waals surface area contributed by atoms with Gasteiger partial charge in [-0.05, 0) is 36.6 Å². The molecule has 1 heterocycles. The lowest BCUT2D eigenvalue weighted by Gasteiger charge is -2.11. The third-order valence-corrected chi connectivity index (χ3v) is 3.32. The summed E-state index contributed by atoms with van der Waals surface area (Å²) in [6.45, 7) is 3.74. The van der Waals surface area contributed by atoms with Crippen LogP contribution in [0.4, 0.5) is 5.69 Å². The number of nitrogens with one attached hydrogen (secondary N) is 1. The van der Waals surface area contributed by atoms with E-state index in [2.05, 4.69) is 42.6 Å². The molecule has 1 aliphatic heterocycles. The van der Waals surface area contributed by atoms with E-state index in [0.717, 1.165) is 18.7 Å². The molecule has 0 atom stereocenters. The zero-order valence-electron chi connectivity index (χ0n) is 10.6. The highest BCUT2D eigenvalue weighted by atomic mass is 16.5. The van der Waals surface area contributed by atoms with Crippen LogP contribution >= 0.6 is 0 Å². The molecule has 2 aromatic rings. The maximum atomic E-state index is 5.86. The molecule has 0 unspecified atom stereocenters. The van der Waals surface area contributed by atoms with Crippen LogP contribution in [0.3, 0.4) is 0 Å². The Morgan fingerprint density at radius 3 is 2.94 bits per heavy atom. The van der Waals surface area contributed by atoms with Gasteiger partial charge >= 0.3 is 0 Å². The predicted molar refractivity (Wildman–Crippen MR) is 74.1 cm³/mol. The van der Waals surface area contributed by atoms with Crippen molar-refractivity contribution in [1.82, 2.24) is 0 Å². The van der Waals surface area contributed by atoms with Crippen LogP contribution < -0.4 is 10.1 Å². The van der Waals surface area contributed by atoms with Gasteiger partial charge in [-0.25, -0.2) is 0 Å². The summed E-state index contributed by atoms with van der Waals surface area (Å²) >= 11 is 0. The van der Waals surface area contributed by atoms with Crippen molar-refractivity contribution in [2.75, 3.05) is 11.9 Å². The van der Waals surface area contributed by atoms with Gasteiger partial charge in [0, 0.05) is 17.8 Å². The lowest BCUT2D eigenvalue weighted by atomic mass is 10.1. The van der Waals surface area contributed by atoms with Crippen LogP contribution in [0.25, 0.3) is 0 Å². The molecule has 1 aliphatic rings. The molecule has 0 aliphatic carbocycles. The lowest BCUT2D eigenvalue weighted by molar-refractivity contribution is 0.306.